The maximum Gasteiger partial charge on any atom is 0.133 e. The number of nitrogens with zero attached hydrogens (tertiary/aromatic N) is 2. The van der Waals surface area contributed by atoms with Crippen molar-refractivity contribution in [3.05, 3.63) is 264 Å². The summed E-state index contributed by atoms with van der Waals surface area (Å²) in [6.07, 6.45) is 0. The average molecular weight is 859 g/mol. The monoisotopic (exact) mass is 858 g/mol. The average Bonchev–Trinajstić information content (AvgIpc) is 4.05. The topological polar surface area (TPSA) is 8.17 Å². The van der Waals surface area contributed by atoms with Crippen LogP contribution >= 0.6 is 0 Å². The lowest BCUT2D eigenvalue weighted by molar-refractivity contribution is 0.640. The van der Waals surface area contributed by atoms with Crippen LogP contribution in [0.25, 0.3) is 72.0 Å². The van der Waals surface area contributed by atoms with E-state index in [2.05, 4.69) is 230 Å². The molecule has 0 amide bonds. The zero-order chi connectivity index (χ0) is 44.6. The Morgan fingerprint density at radius 3 is 1.70 bits per heavy atom. The van der Waals surface area contributed by atoms with E-state index >= 15 is 4.39 Å². The van der Waals surface area contributed by atoms with Crippen molar-refractivity contribution >= 4 is 38.9 Å². The summed E-state index contributed by atoms with van der Waals surface area (Å²) in [5.74, 6) is -0.220. The fourth-order valence-corrected chi connectivity index (χ4v) is 12.6. The Morgan fingerprint density at radius 2 is 0.985 bits per heavy atom. The SMILES string of the molecule is CC1(C)c2ccccc2-c2cccc(N(c3ccc(-c4ccccc4)cc3)c3ccc4c(c3)-c3c(ccc5c6c(F)cccc6n(-c6ccccc6)c35)C43c4ccccc4-c4ccccc43)c21. The number of anilines is 3. The van der Waals surface area contributed by atoms with Gasteiger partial charge in [0.25, 0.3) is 0 Å². The summed E-state index contributed by atoms with van der Waals surface area (Å²) < 4.78 is 18.8. The van der Waals surface area contributed by atoms with Crippen LogP contribution in [0.5, 0.6) is 0 Å². The molecule has 0 N–H and O–H groups in total. The molecule has 10 aromatic carbocycles. The summed E-state index contributed by atoms with van der Waals surface area (Å²) >= 11 is 0. The van der Waals surface area contributed by atoms with Crippen molar-refractivity contribution in [2.24, 2.45) is 0 Å². The summed E-state index contributed by atoms with van der Waals surface area (Å²) in [6, 6.07) is 80.9. The summed E-state index contributed by atoms with van der Waals surface area (Å²) in [7, 11) is 0. The predicted molar refractivity (Wildman–Crippen MR) is 275 cm³/mol. The number of para-hydroxylation sites is 1. The maximum absolute atomic E-state index is 16.5. The van der Waals surface area contributed by atoms with Gasteiger partial charge in [0.05, 0.1) is 22.1 Å². The zero-order valence-electron chi connectivity index (χ0n) is 37.1. The molecule has 11 aromatic rings. The largest absolute Gasteiger partial charge is 0.310 e. The van der Waals surface area contributed by atoms with Gasteiger partial charge in [-0.05, 0) is 127 Å². The second-order valence-corrected chi connectivity index (χ2v) is 18.9. The van der Waals surface area contributed by atoms with Crippen molar-refractivity contribution in [1.29, 1.82) is 0 Å². The molecule has 0 bridgehead atoms. The number of hydrogen-bond acceptors (Lipinski definition) is 1. The molecule has 1 spiro atoms. The Balaban J connectivity index is 1.10. The molecule has 0 atom stereocenters. The fourth-order valence-electron chi connectivity index (χ4n) is 12.6. The number of benzene rings is 10. The van der Waals surface area contributed by atoms with Gasteiger partial charge in [-0.3, -0.25) is 0 Å². The van der Waals surface area contributed by atoms with Crippen molar-refractivity contribution in [1.82, 2.24) is 4.57 Å². The minimum atomic E-state index is -0.610. The van der Waals surface area contributed by atoms with Crippen LogP contribution in [-0.2, 0) is 10.8 Å². The van der Waals surface area contributed by atoms with Gasteiger partial charge in [0, 0.05) is 38.8 Å². The van der Waals surface area contributed by atoms with Gasteiger partial charge in [-0.25, -0.2) is 4.39 Å². The minimum Gasteiger partial charge on any atom is -0.310 e. The van der Waals surface area contributed by atoms with Gasteiger partial charge >= 0.3 is 0 Å². The third-order valence-electron chi connectivity index (χ3n) is 15.2. The van der Waals surface area contributed by atoms with Crippen LogP contribution in [0.3, 0.4) is 0 Å². The van der Waals surface area contributed by atoms with E-state index in [1.807, 2.05) is 12.1 Å². The molecule has 0 saturated carbocycles. The lowest BCUT2D eigenvalue weighted by atomic mass is 9.70. The van der Waals surface area contributed by atoms with E-state index in [4.69, 9.17) is 0 Å². The minimum absolute atomic E-state index is 0.220. The fraction of sp³-hybridized carbons (Fsp3) is 0.0625. The lowest BCUT2D eigenvalue weighted by Gasteiger charge is -2.33. The first kappa shape index (κ1) is 38.0. The molecule has 316 valence electrons. The summed E-state index contributed by atoms with van der Waals surface area (Å²) in [6.45, 7) is 4.74. The van der Waals surface area contributed by atoms with E-state index in [1.165, 1.54) is 66.8 Å². The molecule has 1 aromatic heterocycles. The van der Waals surface area contributed by atoms with Gasteiger partial charge in [0.2, 0.25) is 0 Å². The summed E-state index contributed by atoms with van der Waals surface area (Å²) in [4.78, 5) is 2.48. The van der Waals surface area contributed by atoms with Crippen LogP contribution in [-0.4, -0.2) is 4.57 Å². The number of fused-ring (bicyclic) bond motifs is 17. The van der Waals surface area contributed by atoms with Gasteiger partial charge in [-0.2, -0.15) is 0 Å². The van der Waals surface area contributed by atoms with Gasteiger partial charge in [-0.1, -0.05) is 184 Å². The third kappa shape index (κ3) is 5.03. The summed E-state index contributed by atoms with van der Waals surface area (Å²) in [5, 5.41) is 1.54. The van der Waals surface area contributed by atoms with Crippen LogP contribution in [0.15, 0.2) is 224 Å². The molecule has 0 aliphatic heterocycles. The number of halogens is 1. The lowest BCUT2D eigenvalue weighted by Crippen LogP contribution is -2.26. The van der Waals surface area contributed by atoms with Crippen LogP contribution in [0.1, 0.15) is 47.2 Å². The quantitative estimate of drug-likeness (QED) is 0.167. The molecule has 1 heterocycles. The number of hydrogen-bond donors (Lipinski definition) is 0. The van der Waals surface area contributed by atoms with Crippen LogP contribution in [0.4, 0.5) is 21.5 Å². The van der Waals surface area contributed by atoms with Crippen molar-refractivity contribution in [3.8, 4) is 50.2 Å². The van der Waals surface area contributed by atoms with Gasteiger partial charge in [-0.15, -0.1) is 0 Å². The van der Waals surface area contributed by atoms with Crippen molar-refractivity contribution in [3.63, 3.8) is 0 Å². The van der Waals surface area contributed by atoms with E-state index < -0.39 is 5.41 Å². The Kier molecular flexibility index (Phi) is 7.88. The molecule has 67 heavy (non-hydrogen) atoms. The van der Waals surface area contributed by atoms with Crippen LogP contribution < -0.4 is 4.90 Å². The molecule has 3 heteroatoms. The summed E-state index contributed by atoms with van der Waals surface area (Å²) in [5.41, 5.74) is 22.6. The van der Waals surface area contributed by atoms with Gasteiger partial charge in [0.1, 0.15) is 5.82 Å². The van der Waals surface area contributed by atoms with Crippen molar-refractivity contribution < 1.29 is 4.39 Å². The van der Waals surface area contributed by atoms with Crippen LogP contribution in [0, 0.1) is 5.82 Å². The highest BCUT2D eigenvalue weighted by atomic mass is 19.1. The molecule has 0 saturated heterocycles. The van der Waals surface area contributed by atoms with E-state index in [9.17, 15) is 0 Å². The first-order valence-electron chi connectivity index (χ1n) is 23.3. The van der Waals surface area contributed by atoms with E-state index in [0.29, 0.717) is 5.39 Å². The molecule has 3 aliphatic carbocycles. The Bertz CT molecular complexity index is 3800. The highest BCUT2D eigenvalue weighted by Crippen LogP contribution is 2.65. The van der Waals surface area contributed by atoms with Crippen molar-refractivity contribution in [2.75, 3.05) is 4.90 Å². The standard InChI is InChI=1S/C64H43FN2/c1-63(2)51-25-12-9-23-47(51)48-24-15-30-58(61(48)63)66(43-33-31-41(32-34-43)40-17-5-3-6-18-40)44-35-37-54-50(39-44)59-55(64(54)52-26-13-10-21-45(52)46-22-11-14-27-53(46)64)38-36-49-60-56(65)28-16-29-57(60)67(62(49)59)42-19-7-4-8-20-42/h3-39H,1-2H3. The first-order valence-corrected chi connectivity index (χ1v) is 23.3. The zero-order valence-corrected chi connectivity index (χ0v) is 37.1. The second-order valence-electron chi connectivity index (χ2n) is 18.9. The normalized spacial score (nSPS) is 14.1. The molecule has 3 aliphatic rings. The second kappa shape index (κ2) is 13.9. The van der Waals surface area contributed by atoms with Crippen molar-refractivity contribution in [2.45, 2.75) is 24.7 Å². The number of rotatable bonds is 5. The molecular formula is C64H43FN2. The van der Waals surface area contributed by atoms with Gasteiger partial charge in [0.15, 0.2) is 0 Å². The van der Waals surface area contributed by atoms with E-state index in [1.54, 1.807) is 6.07 Å². The molecule has 0 unspecified atom stereocenters. The first-order chi connectivity index (χ1) is 32.9. The molecule has 2 nitrogen and oxygen atoms in total. The maximum atomic E-state index is 16.5. The molecule has 0 fully saturated rings. The molecule has 14 rings (SSSR count). The molecule has 0 radical (unpaired) electrons. The smallest absolute Gasteiger partial charge is 0.133 e. The van der Waals surface area contributed by atoms with E-state index in [-0.39, 0.29) is 11.2 Å². The third-order valence-corrected chi connectivity index (χ3v) is 15.2. The molecular weight excluding hydrogens is 816 g/mol. The highest BCUT2D eigenvalue weighted by Gasteiger charge is 2.53. The number of aromatic nitrogens is 1. The van der Waals surface area contributed by atoms with Crippen LogP contribution in [0.2, 0.25) is 0 Å². The Labute approximate surface area is 389 Å². The van der Waals surface area contributed by atoms with Gasteiger partial charge < -0.3 is 9.47 Å². The Hall–Kier alpha value is -8.27. The Morgan fingerprint density at radius 1 is 0.433 bits per heavy atom. The predicted octanol–water partition coefficient (Wildman–Crippen LogP) is 16.7. The highest BCUT2D eigenvalue weighted by molar-refractivity contribution is 6.17. The van der Waals surface area contributed by atoms with E-state index in [0.717, 1.165) is 50.3 Å².